The molecule has 0 saturated carbocycles. The Hall–Kier alpha value is -0.780. The Morgan fingerprint density at radius 3 is 2.15 bits per heavy atom. The summed E-state index contributed by atoms with van der Waals surface area (Å²) in [6.45, 7) is 3.14. The highest BCUT2D eigenvalue weighted by Gasteiger charge is 2.26. The second-order valence-corrected chi connectivity index (χ2v) is 3.21. The maximum atomic E-state index is 11.6. The predicted octanol–water partition coefficient (Wildman–Crippen LogP) is 1.29. The van der Waals surface area contributed by atoms with Crippen LogP contribution in [0.15, 0.2) is 5.10 Å². The Kier molecular flexibility index (Phi) is 3.71. The van der Waals surface area contributed by atoms with E-state index in [1.54, 1.807) is 0 Å². The van der Waals surface area contributed by atoms with Crippen LogP contribution in [0.5, 0.6) is 0 Å². The quantitative estimate of drug-likeness (QED) is 0.530. The van der Waals surface area contributed by atoms with Crippen molar-refractivity contribution < 1.29 is 18.3 Å². The maximum Gasteiger partial charge on any atom is 0.407 e. The molecule has 0 aliphatic heterocycles. The molecule has 0 atom stereocenters. The topological polar surface area (TPSA) is 44.6 Å². The SMILES string of the molecule is C/C(=N/NCC(F)(F)F)C(C)(C)O. The summed E-state index contributed by atoms with van der Waals surface area (Å²) in [4.78, 5) is 0. The van der Waals surface area contributed by atoms with E-state index in [2.05, 4.69) is 5.10 Å². The van der Waals surface area contributed by atoms with Gasteiger partial charge in [0.05, 0.1) is 11.3 Å². The zero-order chi connectivity index (χ0) is 10.7. The van der Waals surface area contributed by atoms with Gasteiger partial charge in [-0.25, -0.2) is 0 Å². The van der Waals surface area contributed by atoms with Gasteiger partial charge < -0.3 is 10.5 Å². The molecule has 2 N–H and O–H groups in total. The average Bonchev–Trinajstić information content (AvgIpc) is 1.82. The fraction of sp³-hybridized carbons (Fsp3) is 0.857. The van der Waals surface area contributed by atoms with E-state index >= 15 is 0 Å². The highest BCUT2D eigenvalue weighted by atomic mass is 19.4. The number of aliphatic hydroxyl groups is 1. The molecule has 3 nitrogen and oxygen atoms in total. The van der Waals surface area contributed by atoms with E-state index < -0.39 is 18.3 Å². The van der Waals surface area contributed by atoms with Crippen LogP contribution in [-0.4, -0.2) is 29.1 Å². The van der Waals surface area contributed by atoms with Crippen LogP contribution in [0.2, 0.25) is 0 Å². The summed E-state index contributed by atoms with van der Waals surface area (Å²) in [6, 6.07) is 0. The fourth-order valence-corrected chi connectivity index (χ4v) is 0.385. The standard InChI is InChI=1S/C7H13F3N2O/c1-5(6(2,3)13)12-11-4-7(8,9)10/h11,13H,4H2,1-3H3/b12-5-. The molecule has 0 saturated heterocycles. The Morgan fingerprint density at radius 1 is 1.38 bits per heavy atom. The minimum atomic E-state index is -4.29. The molecule has 0 aromatic carbocycles. The lowest BCUT2D eigenvalue weighted by Crippen LogP contribution is -2.33. The number of hydrazone groups is 1. The summed E-state index contributed by atoms with van der Waals surface area (Å²) in [5, 5.41) is 12.6. The third-order valence-corrected chi connectivity index (χ3v) is 1.41. The predicted molar refractivity (Wildman–Crippen MR) is 43.5 cm³/mol. The van der Waals surface area contributed by atoms with Crippen LogP contribution >= 0.6 is 0 Å². The molecule has 0 radical (unpaired) electrons. The molecule has 0 aliphatic carbocycles. The summed E-state index contributed by atoms with van der Waals surface area (Å²) >= 11 is 0. The van der Waals surface area contributed by atoms with Gasteiger partial charge in [0, 0.05) is 0 Å². The molecule has 0 heterocycles. The Balaban J connectivity index is 4.00. The summed E-state index contributed by atoms with van der Waals surface area (Å²) in [5.74, 6) is 0. The second kappa shape index (κ2) is 3.95. The van der Waals surface area contributed by atoms with Crippen LogP contribution in [0.4, 0.5) is 13.2 Å². The first-order chi connectivity index (χ1) is 5.63. The van der Waals surface area contributed by atoms with E-state index in [9.17, 15) is 18.3 Å². The zero-order valence-electron chi connectivity index (χ0n) is 7.74. The monoisotopic (exact) mass is 198 g/mol. The van der Waals surface area contributed by atoms with Crippen molar-refractivity contribution in [1.29, 1.82) is 0 Å². The minimum absolute atomic E-state index is 0.205. The first kappa shape index (κ1) is 12.2. The van der Waals surface area contributed by atoms with Crippen LogP contribution in [0.25, 0.3) is 0 Å². The summed E-state index contributed by atoms with van der Waals surface area (Å²) < 4.78 is 34.8. The average molecular weight is 198 g/mol. The minimum Gasteiger partial charge on any atom is -0.384 e. The normalized spacial score (nSPS) is 14.5. The van der Waals surface area contributed by atoms with Crippen molar-refractivity contribution >= 4 is 5.71 Å². The van der Waals surface area contributed by atoms with Gasteiger partial charge >= 0.3 is 6.18 Å². The van der Waals surface area contributed by atoms with Crippen molar-refractivity contribution in [2.24, 2.45) is 5.10 Å². The second-order valence-electron chi connectivity index (χ2n) is 3.21. The Morgan fingerprint density at radius 2 is 1.85 bits per heavy atom. The number of hydrogen-bond acceptors (Lipinski definition) is 3. The number of halogens is 3. The van der Waals surface area contributed by atoms with Gasteiger partial charge in [-0.2, -0.15) is 18.3 Å². The number of rotatable bonds is 3. The van der Waals surface area contributed by atoms with Crippen molar-refractivity contribution in [2.75, 3.05) is 6.54 Å². The molecule has 78 valence electrons. The highest BCUT2D eigenvalue weighted by Crippen LogP contribution is 2.12. The zero-order valence-corrected chi connectivity index (χ0v) is 7.74. The summed E-state index contributed by atoms with van der Waals surface area (Å²) in [7, 11) is 0. The van der Waals surface area contributed by atoms with Crippen molar-refractivity contribution in [3.05, 3.63) is 0 Å². The number of nitrogens with one attached hydrogen (secondary N) is 1. The van der Waals surface area contributed by atoms with E-state index in [4.69, 9.17) is 0 Å². The molecule has 0 rings (SSSR count). The molecule has 0 spiro atoms. The van der Waals surface area contributed by atoms with E-state index in [0.717, 1.165) is 0 Å². The third kappa shape index (κ3) is 6.39. The van der Waals surface area contributed by atoms with Gasteiger partial charge in [0.1, 0.15) is 6.54 Å². The first-order valence-corrected chi connectivity index (χ1v) is 3.69. The van der Waals surface area contributed by atoms with Gasteiger partial charge in [-0.15, -0.1) is 0 Å². The van der Waals surface area contributed by atoms with Crippen LogP contribution in [0.1, 0.15) is 20.8 Å². The van der Waals surface area contributed by atoms with Gasteiger partial charge in [-0.05, 0) is 20.8 Å². The molecular formula is C7H13F3N2O. The molecule has 13 heavy (non-hydrogen) atoms. The smallest absolute Gasteiger partial charge is 0.384 e. The Labute approximate surface area is 74.6 Å². The van der Waals surface area contributed by atoms with Crippen molar-refractivity contribution in [3.63, 3.8) is 0 Å². The van der Waals surface area contributed by atoms with Crippen LogP contribution in [0.3, 0.4) is 0 Å². The van der Waals surface area contributed by atoms with E-state index in [1.165, 1.54) is 20.8 Å². The van der Waals surface area contributed by atoms with Crippen molar-refractivity contribution in [3.8, 4) is 0 Å². The lowest BCUT2D eigenvalue weighted by Gasteiger charge is -2.16. The molecule has 0 aromatic rings. The molecule has 0 aromatic heterocycles. The van der Waals surface area contributed by atoms with Crippen LogP contribution in [0, 0.1) is 0 Å². The Bertz CT molecular complexity index is 193. The molecular weight excluding hydrogens is 185 g/mol. The molecule has 0 aliphatic rings. The van der Waals surface area contributed by atoms with Gasteiger partial charge in [-0.3, -0.25) is 0 Å². The van der Waals surface area contributed by atoms with Crippen molar-refractivity contribution in [2.45, 2.75) is 32.5 Å². The summed E-state index contributed by atoms with van der Waals surface area (Å²) in [5.41, 5.74) is 0.844. The third-order valence-electron chi connectivity index (χ3n) is 1.41. The van der Waals surface area contributed by atoms with Crippen LogP contribution < -0.4 is 5.43 Å². The fourth-order valence-electron chi connectivity index (χ4n) is 0.385. The molecule has 0 amide bonds. The lowest BCUT2D eigenvalue weighted by molar-refractivity contribution is -0.124. The molecule has 0 unspecified atom stereocenters. The number of nitrogens with zero attached hydrogens (tertiary/aromatic N) is 1. The first-order valence-electron chi connectivity index (χ1n) is 3.69. The van der Waals surface area contributed by atoms with Gasteiger partial charge in [0.2, 0.25) is 0 Å². The van der Waals surface area contributed by atoms with Gasteiger partial charge in [-0.1, -0.05) is 0 Å². The number of alkyl halides is 3. The molecule has 6 heteroatoms. The van der Waals surface area contributed by atoms with Gasteiger partial charge in [0.15, 0.2) is 0 Å². The summed E-state index contributed by atoms with van der Waals surface area (Å²) in [6.07, 6.45) is -4.29. The van der Waals surface area contributed by atoms with Crippen molar-refractivity contribution in [1.82, 2.24) is 5.43 Å². The molecule has 0 bridgehead atoms. The lowest BCUT2D eigenvalue weighted by atomic mass is 10.1. The largest absolute Gasteiger partial charge is 0.407 e. The number of hydrogen-bond donors (Lipinski definition) is 2. The van der Waals surface area contributed by atoms with E-state index in [1.807, 2.05) is 5.43 Å². The van der Waals surface area contributed by atoms with E-state index in [-0.39, 0.29) is 5.71 Å². The van der Waals surface area contributed by atoms with E-state index in [0.29, 0.717) is 0 Å². The highest BCUT2D eigenvalue weighted by molar-refractivity contribution is 5.89. The van der Waals surface area contributed by atoms with Gasteiger partial charge in [0.25, 0.3) is 0 Å². The maximum absolute atomic E-state index is 11.6. The van der Waals surface area contributed by atoms with Crippen LogP contribution in [-0.2, 0) is 0 Å². The molecule has 0 fully saturated rings.